The van der Waals surface area contributed by atoms with Crippen LogP contribution in [0.1, 0.15) is 25.3 Å². The molecule has 0 aliphatic carbocycles. The number of hydrazone groups is 1. The summed E-state index contributed by atoms with van der Waals surface area (Å²) in [5, 5.41) is 7.46. The maximum Gasteiger partial charge on any atom is 0.240 e. The Kier molecular flexibility index (Phi) is 7.00. The number of carbonyl (C=O) groups is 2. The monoisotopic (exact) mass is 392 g/mol. The van der Waals surface area contributed by atoms with Crippen molar-refractivity contribution in [3.63, 3.8) is 0 Å². The molecule has 6 nitrogen and oxygen atoms in total. The number of amides is 2. The first kappa shape index (κ1) is 19.8. The van der Waals surface area contributed by atoms with Crippen LogP contribution in [0, 0.1) is 0 Å². The molecule has 0 unspecified atom stereocenters. The van der Waals surface area contributed by atoms with Crippen molar-refractivity contribution in [2.75, 3.05) is 11.1 Å². The zero-order valence-electron chi connectivity index (χ0n) is 14.1. The number of hydrogen-bond donors (Lipinski definition) is 3. The standard InChI is InChI=1S/C18H18Cl2N4O2/c1-11(12-2-5-14(21)6-3-12)23-24-18(26)9-8-17(25)22-16-7-4-13(19)10-15(16)20/h2-7,10H,8-9,21H2,1H3,(H,22,25)(H,24,26)/b23-11+. The zero-order valence-corrected chi connectivity index (χ0v) is 15.6. The van der Waals surface area contributed by atoms with Gasteiger partial charge in [-0.05, 0) is 42.8 Å². The highest BCUT2D eigenvalue weighted by Gasteiger charge is 2.09. The number of nitrogens with zero attached hydrogens (tertiary/aromatic N) is 1. The highest BCUT2D eigenvalue weighted by Crippen LogP contribution is 2.25. The molecule has 2 aromatic carbocycles. The van der Waals surface area contributed by atoms with Gasteiger partial charge in [-0.25, -0.2) is 5.43 Å². The Bertz CT molecular complexity index is 836. The Labute approximate surface area is 161 Å². The molecule has 2 rings (SSSR count). The summed E-state index contributed by atoms with van der Waals surface area (Å²) in [6.45, 7) is 1.76. The number of carbonyl (C=O) groups excluding carboxylic acids is 2. The summed E-state index contributed by atoms with van der Waals surface area (Å²) in [5.74, 6) is -0.694. The van der Waals surface area contributed by atoms with Crippen LogP contribution in [0.15, 0.2) is 47.6 Å². The lowest BCUT2D eigenvalue weighted by molar-refractivity contribution is -0.124. The van der Waals surface area contributed by atoms with Crippen LogP contribution in [-0.4, -0.2) is 17.5 Å². The molecule has 4 N–H and O–H groups in total. The molecule has 0 aromatic heterocycles. The molecule has 136 valence electrons. The molecule has 0 saturated carbocycles. The summed E-state index contributed by atoms with van der Waals surface area (Å²) >= 11 is 11.8. The molecule has 0 heterocycles. The number of nitrogens with two attached hydrogens (primary N) is 1. The fraction of sp³-hybridized carbons (Fsp3) is 0.167. The van der Waals surface area contributed by atoms with Gasteiger partial charge in [-0.2, -0.15) is 5.10 Å². The number of rotatable bonds is 6. The summed E-state index contributed by atoms with van der Waals surface area (Å²) in [5.41, 5.74) is 10.6. The maximum absolute atomic E-state index is 11.9. The van der Waals surface area contributed by atoms with Crippen LogP contribution in [0.5, 0.6) is 0 Å². The van der Waals surface area contributed by atoms with Crippen LogP contribution in [-0.2, 0) is 9.59 Å². The van der Waals surface area contributed by atoms with Gasteiger partial charge in [0.2, 0.25) is 11.8 Å². The molecular formula is C18H18Cl2N4O2. The fourth-order valence-corrected chi connectivity index (χ4v) is 2.48. The van der Waals surface area contributed by atoms with Gasteiger partial charge >= 0.3 is 0 Å². The Morgan fingerprint density at radius 2 is 1.69 bits per heavy atom. The van der Waals surface area contributed by atoms with E-state index in [9.17, 15) is 9.59 Å². The summed E-state index contributed by atoms with van der Waals surface area (Å²) in [6, 6.07) is 11.9. The van der Waals surface area contributed by atoms with E-state index in [2.05, 4.69) is 15.8 Å². The van der Waals surface area contributed by atoms with Crippen molar-refractivity contribution < 1.29 is 9.59 Å². The van der Waals surface area contributed by atoms with Gasteiger partial charge in [0.05, 0.1) is 16.4 Å². The number of benzene rings is 2. The first-order chi connectivity index (χ1) is 12.3. The van der Waals surface area contributed by atoms with Gasteiger partial charge in [-0.1, -0.05) is 35.3 Å². The molecule has 0 fully saturated rings. The van der Waals surface area contributed by atoms with E-state index in [1.54, 1.807) is 31.2 Å². The average Bonchev–Trinajstić information content (AvgIpc) is 2.61. The van der Waals surface area contributed by atoms with Crippen LogP contribution >= 0.6 is 23.2 Å². The topological polar surface area (TPSA) is 96.6 Å². The minimum atomic E-state index is -0.364. The molecule has 0 bridgehead atoms. The molecule has 0 radical (unpaired) electrons. The van der Waals surface area contributed by atoms with Gasteiger partial charge in [0.25, 0.3) is 0 Å². The number of nitrogen functional groups attached to an aromatic ring is 1. The molecule has 8 heteroatoms. The molecule has 2 aromatic rings. The van der Waals surface area contributed by atoms with Crippen molar-refractivity contribution in [2.45, 2.75) is 19.8 Å². The van der Waals surface area contributed by atoms with Crippen LogP contribution in [0.25, 0.3) is 0 Å². The van der Waals surface area contributed by atoms with E-state index in [1.165, 1.54) is 6.07 Å². The normalized spacial score (nSPS) is 11.1. The molecule has 2 amide bonds. The van der Waals surface area contributed by atoms with Gasteiger partial charge < -0.3 is 11.1 Å². The molecular weight excluding hydrogens is 375 g/mol. The largest absolute Gasteiger partial charge is 0.399 e. The van der Waals surface area contributed by atoms with E-state index in [-0.39, 0.29) is 24.7 Å². The fourth-order valence-electron chi connectivity index (χ4n) is 2.02. The molecule has 0 spiro atoms. The second kappa shape index (κ2) is 9.22. The van der Waals surface area contributed by atoms with E-state index >= 15 is 0 Å². The third-order valence-corrected chi connectivity index (χ3v) is 4.01. The van der Waals surface area contributed by atoms with E-state index in [4.69, 9.17) is 28.9 Å². The predicted octanol–water partition coefficient (Wildman–Crippen LogP) is 3.83. The van der Waals surface area contributed by atoms with Crippen molar-refractivity contribution in [1.82, 2.24) is 5.43 Å². The highest BCUT2D eigenvalue weighted by molar-refractivity contribution is 6.36. The Morgan fingerprint density at radius 1 is 1.04 bits per heavy atom. The van der Waals surface area contributed by atoms with E-state index in [0.717, 1.165) is 5.56 Å². The Morgan fingerprint density at radius 3 is 2.35 bits per heavy atom. The van der Waals surface area contributed by atoms with Gasteiger partial charge in [0.1, 0.15) is 0 Å². The minimum Gasteiger partial charge on any atom is -0.399 e. The lowest BCUT2D eigenvalue weighted by Gasteiger charge is -2.07. The third-order valence-electron chi connectivity index (χ3n) is 3.46. The van der Waals surface area contributed by atoms with Crippen LogP contribution in [0.3, 0.4) is 0 Å². The lowest BCUT2D eigenvalue weighted by atomic mass is 10.1. The minimum absolute atomic E-state index is 0.00122. The molecule has 0 aliphatic rings. The van der Waals surface area contributed by atoms with Crippen LogP contribution in [0.4, 0.5) is 11.4 Å². The van der Waals surface area contributed by atoms with Gasteiger partial charge in [-0.3, -0.25) is 9.59 Å². The molecule has 0 aliphatic heterocycles. The second-order valence-electron chi connectivity index (χ2n) is 5.53. The summed E-state index contributed by atoms with van der Waals surface area (Å²) in [4.78, 5) is 23.8. The van der Waals surface area contributed by atoms with E-state index in [0.29, 0.717) is 27.1 Å². The number of halogens is 2. The molecule has 0 atom stereocenters. The first-order valence-corrected chi connectivity index (χ1v) is 8.54. The second-order valence-corrected chi connectivity index (χ2v) is 6.37. The maximum atomic E-state index is 11.9. The van der Waals surface area contributed by atoms with Crippen molar-refractivity contribution in [3.05, 3.63) is 58.1 Å². The summed E-state index contributed by atoms with van der Waals surface area (Å²) < 4.78 is 0. The van der Waals surface area contributed by atoms with Crippen LogP contribution < -0.4 is 16.5 Å². The van der Waals surface area contributed by atoms with Gasteiger partial charge in [-0.15, -0.1) is 0 Å². The smallest absolute Gasteiger partial charge is 0.240 e. The average molecular weight is 393 g/mol. The van der Waals surface area contributed by atoms with Crippen molar-refractivity contribution >= 4 is 52.1 Å². The number of hydrogen-bond acceptors (Lipinski definition) is 4. The van der Waals surface area contributed by atoms with Crippen molar-refractivity contribution in [3.8, 4) is 0 Å². The van der Waals surface area contributed by atoms with Gasteiger partial charge in [0.15, 0.2) is 0 Å². The van der Waals surface area contributed by atoms with E-state index in [1.807, 2.05) is 12.1 Å². The summed E-state index contributed by atoms with van der Waals surface area (Å²) in [7, 11) is 0. The SMILES string of the molecule is C/C(=N\NC(=O)CCC(=O)Nc1ccc(Cl)cc1Cl)c1ccc(N)cc1. The Hall–Kier alpha value is -2.57. The zero-order chi connectivity index (χ0) is 19.1. The first-order valence-electron chi connectivity index (χ1n) is 7.79. The lowest BCUT2D eigenvalue weighted by Crippen LogP contribution is -2.21. The number of nitrogens with one attached hydrogen (secondary N) is 2. The van der Waals surface area contributed by atoms with Crippen molar-refractivity contribution in [1.29, 1.82) is 0 Å². The van der Waals surface area contributed by atoms with Crippen LogP contribution in [0.2, 0.25) is 10.0 Å². The predicted molar refractivity (Wildman–Crippen MR) is 106 cm³/mol. The molecule has 0 saturated heterocycles. The Balaban J connectivity index is 1.81. The number of anilines is 2. The summed E-state index contributed by atoms with van der Waals surface area (Å²) in [6.07, 6.45) is -0.00319. The van der Waals surface area contributed by atoms with Gasteiger partial charge in [0, 0.05) is 23.6 Å². The molecule has 26 heavy (non-hydrogen) atoms. The van der Waals surface area contributed by atoms with Crippen molar-refractivity contribution in [2.24, 2.45) is 5.10 Å². The highest BCUT2D eigenvalue weighted by atomic mass is 35.5. The quantitative estimate of drug-likeness (QED) is 0.395. The van der Waals surface area contributed by atoms with E-state index < -0.39 is 0 Å². The third kappa shape index (κ3) is 6.06.